The fraction of sp³-hybridized carbons (Fsp3) is 0.353. The van der Waals surface area contributed by atoms with Gasteiger partial charge in [-0.05, 0) is 66.8 Å². The number of thiophene rings is 1. The Labute approximate surface area is 153 Å². The number of benzene rings is 1. The molecule has 1 aliphatic carbocycles. The van der Waals surface area contributed by atoms with Gasteiger partial charge >= 0.3 is 0 Å². The molecule has 0 saturated heterocycles. The number of aryl methyl sites for hydroxylation is 2. The van der Waals surface area contributed by atoms with E-state index in [4.69, 9.17) is 5.73 Å². The van der Waals surface area contributed by atoms with E-state index >= 15 is 0 Å². The fourth-order valence-corrected chi connectivity index (χ4v) is 3.63. The minimum absolute atomic E-state index is 0. The van der Waals surface area contributed by atoms with Gasteiger partial charge in [-0.1, -0.05) is 12.1 Å². The highest BCUT2D eigenvalue weighted by atomic mass is 127. The zero-order chi connectivity index (χ0) is 14.7. The first-order chi connectivity index (χ1) is 10.2. The van der Waals surface area contributed by atoms with Crippen molar-refractivity contribution in [2.45, 2.75) is 39.2 Å². The Kier molecular flexibility index (Phi) is 6.26. The molecule has 0 radical (unpaired) electrons. The molecule has 0 amide bonds. The monoisotopic (exact) mass is 427 g/mol. The molecule has 0 spiro atoms. The van der Waals surface area contributed by atoms with E-state index in [2.05, 4.69) is 46.9 Å². The predicted octanol–water partition coefficient (Wildman–Crippen LogP) is 4.48. The number of hydrogen-bond acceptors (Lipinski definition) is 2. The first-order valence-corrected chi connectivity index (χ1v) is 8.32. The average Bonchev–Trinajstić information content (AvgIpc) is 2.91. The summed E-state index contributed by atoms with van der Waals surface area (Å²) in [6, 6.07) is 8.54. The number of nitrogens with one attached hydrogen (secondary N) is 1. The maximum Gasteiger partial charge on any atom is 0.193 e. The Hall–Kier alpha value is -1.08. The molecule has 0 bridgehead atoms. The zero-order valence-electron chi connectivity index (χ0n) is 12.8. The summed E-state index contributed by atoms with van der Waals surface area (Å²) in [6.07, 6.45) is 4.86. The normalized spacial score (nSPS) is 14.1. The van der Waals surface area contributed by atoms with Crippen molar-refractivity contribution in [1.82, 2.24) is 0 Å². The molecule has 1 aliphatic rings. The highest BCUT2D eigenvalue weighted by Gasteiger charge is 2.13. The number of hydrogen-bond donors (Lipinski definition) is 2. The van der Waals surface area contributed by atoms with Crippen molar-refractivity contribution in [2.75, 3.05) is 5.32 Å². The number of anilines is 1. The van der Waals surface area contributed by atoms with Gasteiger partial charge in [0.25, 0.3) is 0 Å². The van der Waals surface area contributed by atoms with Crippen LogP contribution in [-0.4, -0.2) is 5.96 Å². The van der Waals surface area contributed by atoms with Crippen LogP contribution in [0.25, 0.3) is 0 Å². The van der Waals surface area contributed by atoms with Crippen molar-refractivity contribution in [2.24, 2.45) is 10.7 Å². The van der Waals surface area contributed by atoms with E-state index in [0.29, 0.717) is 12.5 Å². The quantitative estimate of drug-likeness (QED) is 0.431. The summed E-state index contributed by atoms with van der Waals surface area (Å²) < 4.78 is 0. The van der Waals surface area contributed by atoms with E-state index in [1.807, 2.05) is 0 Å². The van der Waals surface area contributed by atoms with Crippen LogP contribution in [-0.2, 0) is 19.4 Å². The van der Waals surface area contributed by atoms with Crippen molar-refractivity contribution in [3.05, 3.63) is 51.2 Å². The van der Waals surface area contributed by atoms with Crippen LogP contribution in [0.15, 0.2) is 34.6 Å². The van der Waals surface area contributed by atoms with Gasteiger partial charge in [0.05, 0.1) is 6.54 Å². The van der Waals surface area contributed by atoms with Gasteiger partial charge in [0, 0.05) is 10.6 Å². The van der Waals surface area contributed by atoms with E-state index in [1.165, 1.54) is 40.8 Å². The lowest BCUT2D eigenvalue weighted by atomic mass is 9.90. The summed E-state index contributed by atoms with van der Waals surface area (Å²) in [6.45, 7) is 2.76. The Morgan fingerprint density at radius 1 is 1.27 bits per heavy atom. The minimum Gasteiger partial charge on any atom is -0.370 e. The van der Waals surface area contributed by atoms with Crippen molar-refractivity contribution in [3.8, 4) is 0 Å². The fourth-order valence-electron chi connectivity index (χ4n) is 2.80. The molecule has 0 aliphatic heterocycles. The first-order valence-electron chi connectivity index (χ1n) is 7.45. The van der Waals surface area contributed by atoms with E-state index < -0.39 is 0 Å². The lowest BCUT2D eigenvalue weighted by molar-refractivity contribution is 0.687. The first kappa shape index (κ1) is 17.3. The number of nitrogens with two attached hydrogens (primary N) is 1. The summed E-state index contributed by atoms with van der Waals surface area (Å²) in [5.74, 6) is 0.502. The van der Waals surface area contributed by atoms with Crippen LogP contribution in [0.5, 0.6) is 0 Å². The molecule has 2 aromatic rings. The lowest BCUT2D eigenvalue weighted by Gasteiger charge is -2.19. The van der Waals surface area contributed by atoms with Gasteiger partial charge in [-0.2, -0.15) is 0 Å². The highest BCUT2D eigenvalue weighted by Crippen LogP contribution is 2.27. The molecule has 3 N–H and O–H groups in total. The average molecular weight is 427 g/mol. The molecule has 1 aromatic carbocycles. The van der Waals surface area contributed by atoms with Crippen LogP contribution >= 0.6 is 35.3 Å². The third-order valence-electron chi connectivity index (χ3n) is 4.02. The minimum atomic E-state index is 0. The molecule has 0 saturated carbocycles. The molecule has 3 rings (SSSR count). The van der Waals surface area contributed by atoms with Crippen molar-refractivity contribution < 1.29 is 0 Å². The zero-order valence-corrected chi connectivity index (χ0v) is 15.9. The second-order valence-electron chi connectivity index (χ2n) is 5.50. The van der Waals surface area contributed by atoms with Crippen LogP contribution in [0.4, 0.5) is 5.69 Å². The molecule has 1 heterocycles. The number of guanidine groups is 1. The predicted molar refractivity (Wildman–Crippen MR) is 107 cm³/mol. The Morgan fingerprint density at radius 2 is 2.09 bits per heavy atom. The summed E-state index contributed by atoms with van der Waals surface area (Å²) in [7, 11) is 0. The van der Waals surface area contributed by atoms with Crippen molar-refractivity contribution >= 4 is 47.0 Å². The Bertz CT molecular complexity index is 664. The highest BCUT2D eigenvalue weighted by molar-refractivity contribution is 14.0. The maximum atomic E-state index is 6.05. The maximum absolute atomic E-state index is 6.05. The third kappa shape index (κ3) is 4.01. The molecular weight excluding hydrogens is 405 g/mol. The number of fused-ring (bicyclic) bond motifs is 1. The molecule has 0 atom stereocenters. The van der Waals surface area contributed by atoms with Crippen molar-refractivity contribution in [1.29, 1.82) is 0 Å². The van der Waals surface area contributed by atoms with Crippen LogP contribution in [0.1, 0.15) is 34.4 Å². The summed E-state index contributed by atoms with van der Waals surface area (Å²) in [5.41, 5.74) is 11.3. The van der Waals surface area contributed by atoms with Gasteiger partial charge in [-0.3, -0.25) is 0 Å². The number of rotatable bonds is 3. The number of nitrogens with zero attached hydrogens (tertiary/aromatic N) is 1. The van der Waals surface area contributed by atoms with Crippen LogP contribution in [0.2, 0.25) is 0 Å². The molecule has 22 heavy (non-hydrogen) atoms. The van der Waals surface area contributed by atoms with Gasteiger partial charge in [-0.15, -0.1) is 35.3 Å². The van der Waals surface area contributed by atoms with Crippen molar-refractivity contribution in [3.63, 3.8) is 0 Å². The summed E-state index contributed by atoms with van der Waals surface area (Å²) in [4.78, 5) is 5.74. The molecular formula is C17H22IN3S. The topological polar surface area (TPSA) is 50.4 Å². The van der Waals surface area contributed by atoms with Crippen LogP contribution in [0.3, 0.4) is 0 Å². The smallest absolute Gasteiger partial charge is 0.193 e. The summed E-state index contributed by atoms with van der Waals surface area (Å²) in [5, 5.41) is 5.38. The van der Waals surface area contributed by atoms with Gasteiger partial charge in [0.1, 0.15) is 0 Å². The van der Waals surface area contributed by atoms with Gasteiger partial charge in [0.15, 0.2) is 5.96 Å². The SMILES string of the molecule is Cc1ccsc1CN=C(N)Nc1cccc2c1CCCC2.I. The van der Waals surface area contributed by atoms with E-state index in [1.54, 1.807) is 11.3 Å². The Balaban J connectivity index is 0.00000176. The Morgan fingerprint density at radius 3 is 2.86 bits per heavy atom. The van der Waals surface area contributed by atoms with Gasteiger partial charge < -0.3 is 11.1 Å². The van der Waals surface area contributed by atoms with E-state index in [9.17, 15) is 0 Å². The third-order valence-corrected chi connectivity index (χ3v) is 5.03. The van der Waals surface area contributed by atoms with Gasteiger partial charge in [0.2, 0.25) is 0 Å². The van der Waals surface area contributed by atoms with Crippen LogP contribution < -0.4 is 11.1 Å². The number of aliphatic imine (C=N–C) groups is 1. The van der Waals surface area contributed by atoms with Gasteiger partial charge in [-0.25, -0.2) is 4.99 Å². The molecule has 0 unspecified atom stereocenters. The standard InChI is InChI=1S/C17H21N3S.HI/c1-12-9-10-21-16(12)11-19-17(18)20-15-8-4-6-13-5-2-3-7-14(13)15;/h4,6,8-10H,2-3,5,7,11H2,1H3,(H3,18,19,20);1H. The largest absolute Gasteiger partial charge is 0.370 e. The molecule has 118 valence electrons. The van der Waals surface area contributed by atoms with E-state index in [-0.39, 0.29) is 24.0 Å². The lowest BCUT2D eigenvalue weighted by Crippen LogP contribution is -2.24. The van der Waals surface area contributed by atoms with Crippen LogP contribution in [0, 0.1) is 6.92 Å². The summed E-state index contributed by atoms with van der Waals surface area (Å²) >= 11 is 1.73. The number of halogens is 1. The molecule has 3 nitrogen and oxygen atoms in total. The molecule has 0 fully saturated rings. The van der Waals surface area contributed by atoms with E-state index in [0.717, 1.165) is 12.1 Å². The molecule has 5 heteroatoms. The second kappa shape index (κ2) is 7.97. The second-order valence-corrected chi connectivity index (χ2v) is 6.50. The molecule has 1 aromatic heterocycles.